The Balaban J connectivity index is 2.26. The van der Waals surface area contributed by atoms with Gasteiger partial charge in [0.1, 0.15) is 4.60 Å². The monoisotopic (exact) mass is 264 g/mol. The van der Waals surface area contributed by atoms with Crippen LogP contribution in [0.2, 0.25) is 0 Å². The van der Waals surface area contributed by atoms with E-state index in [0.29, 0.717) is 4.60 Å². The Labute approximate surface area is 86.9 Å². The summed E-state index contributed by atoms with van der Waals surface area (Å²) in [6, 6.07) is 2.35. The third-order valence-corrected chi connectivity index (χ3v) is 2.63. The molecule has 6 heteroatoms. The Kier molecular flexibility index (Phi) is 2.17. The SMILES string of the molecule is O=c1ccc(Br)nn1C1CC(F)(F)C1. The highest BCUT2D eigenvalue weighted by atomic mass is 79.9. The molecule has 1 aromatic rings. The van der Waals surface area contributed by atoms with E-state index in [0.717, 1.165) is 4.68 Å². The fourth-order valence-electron chi connectivity index (χ4n) is 1.47. The molecule has 0 bridgehead atoms. The number of halogens is 3. The van der Waals surface area contributed by atoms with Crippen molar-refractivity contribution < 1.29 is 8.78 Å². The highest BCUT2D eigenvalue weighted by Gasteiger charge is 2.47. The first-order valence-corrected chi connectivity index (χ1v) is 4.90. The molecule has 0 radical (unpaired) electrons. The van der Waals surface area contributed by atoms with Gasteiger partial charge < -0.3 is 0 Å². The molecule has 0 amide bonds. The number of rotatable bonds is 1. The van der Waals surface area contributed by atoms with E-state index in [1.54, 1.807) is 0 Å². The molecule has 1 aliphatic carbocycles. The van der Waals surface area contributed by atoms with Crippen molar-refractivity contribution in [3.05, 3.63) is 27.1 Å². The molecule has 0 spiro atoms. The first-order chi connectivity index (χ1) is 6.48. The fraction of sp³-hybridized carbons (Fsp3) is 0.500. The van der Waals surface area contributed by atoms with Crippen LogP contribution in [0, 0.1) is 0 Å². The predicted octanol–water partition coefficient (Wildman–Crippen LogP) is 1.98. The maximum absolute atomic E-state index is 12.6. The Bertz CT molecular complexity index is 410. The van der Waals surface area contributed by atoms with E-state index in [4.69, 9.17) is 0 Å². The molecule has 0 aromatic carbocycles. The maximum atomic E-state index is 12.6. The summed E-state index contributed by atoms with van der Waals surface area (Å²) >= 11 is 3.09. The van der Waals surface area contributed by atoms with Gasteiger partial charge in [0, 0.05) is 18.9 Å². The molecule has 1 aromatic heterocycles. The molecular weight excluding hydrogens is 258 g/mol. The summed E-state index contributed by atoms with van der Waals surface area (Å²) in [6.07, 6.45) is -0.591. The summed E-state index contributed by atoms with van der Waals surface area (Å²) in [7, 11) is 0. The zero-order chi connectivity index (χ0) is 10.3. The maximum Gasteiger partial charge on any atom is 0.267 e. The number of nitrogens with zero attached hydrogens (tertiary/aromatic N) is 2. The Morgan fingerprint density at radius 2 is 2.14 bits per heavy atom. The van der Waals surface area contributed by atoms with Crippen LogP contribution in [0.3, 0.4) is 0 Å². The summed E-state index contributed by atoms with van der Waals surface area (Å²) in [4.78, 5) is 11.3. The average molecular weight is 265 g/mol. The molecule has 1 aliphatic rings. The van der Waals surface area contributed by atoms with Crippen molar-refractivity contribution in [2.24, 2.45) is 0 Å². The molecule has 0 saturated heterocycles. The number of hydrogen-bond acceptors (Lipinski definition) is 2. The lowest BCUT2D eigenvalue weighted by molar-refractivity contribution is -0.108. The number of alkyl halides is 2. The van der Waals surface area contributed by atoms with Crippen molar-refractivity contribution >= 4 is 15.9 Å². The van der Waals surface area contributed by atoms with Gasteiger partial charge in [0.15, 0.2) is 0 Å². The minimum Gasteiger partial charge on any atom is -0.268 e. The van der Waals surface area contributed by atoms with Gasteiger partial charge in [-0.05, 0) is 22.0 Å². The summed E-state index contributed by atoms with van der Waals surface area (Å²) in [6.45, 7) is 0. The third kappa shape index (κ3) is 1.70. The Morgan fingerprint density at radius 3 is 2.71 bits per heavy atom. The van der Waals surface area contributed by atoms with Crippen molar-refractivity contribution in [3.63, 3.8) is 0 Å². The van der Waals surface area contributed by atoms with Crippen molar-refractivity contribution in [2.45, 2.75) is 24.8 Å². The lowest BCUT2D eigenvalue weighted by Gasteiger charge is -2.34. The topological polar surface area (TPSA) is 34.9 Å². The molecule has 3 nitrogen and oxygen atoms in total. The quantitative estimate of drug-likeness (QED) is 0.778. The standard InChI is InChI=1S/C8H7BrF2N2O/c9-6-1-2-7(14)13(12-6)5-3-8(10,11)4-5/h1-2,5H,3-4H2. The third-order valence-electron chi connectivity index (χ3n) is 2.21. The van der Waals surface area contributed by atoms with Gasteiger partial charge in [0.25, 0.3) is 11.5 Å². The zero-order valence-electron chi connectivity index (χ0n) is 7.08. The van der Waals surface area contributed by atoms with Crippen LogP contribution >= 0.6 is 15.9 Å². The highest BCUT2D eigenvalue weighted by Crippen LogP contribution is 2.44. The molecule has 1 saturated carbocycles. The Hall–Kier alpha value is -0.780. The fourth-order valence-corrected chi connectivity index (χ4v) is 1.77. The van der Waals surface area contributed by atoms with E-state index in [1.165, 1.54) is 12.1 Å². The molecule has 0 aliphatic heterocycles. The van der Waals surface area contributed by atoms with Crippen molar-refractivity contribution in [1.29, 1.82) is 0 Å². The second-order valence-corrected chi connectivity index (χ2v) is 4.17. The summed E-state index contributed by atoms with van der Waals surface area (Å²) in [5.41, 5.74) is -0.339. The van der Waals surface area contributed by atoms with E-state index in [1.807, 2.05) is 0 Å². The van der Waals surface area contributed by atoms with Crippen LogP contribution in [0.4, 0.5) is 8.78 Å². The van der Waals surface area contributed by atoms with Crippen LogP contribution in [0.1, 0.15) is 18.9 Å². The smallest absolute Gasteiger partial charge is 0.267 e. The van der Waals surface area contributed by atoms with Crippen LogP contribution in [-0.4, -0.2) is 15.7 Å². The van der Waals surface area contributed by atoms with E-state index in [9.17, 15) is 13.6 Å². The molecule has 14 heavy (non-hydrogen) atoms. The summed E-state index contributed by atoms with van der Waals surface area (Å²) < 4.78 is 26.7. The average Bonchev–Trinajstić information content (AvgIpc) is 2.05. The molecule has 1 fully saturated rings. The molecule has 1 heterocycles. The first kappa shape index (κ1) is 9.76. The lowest BCUT2D eigenvalue weighted by atomic mass is 9.88. The van der Waals surface area contributed by atoms with E-state index < -0.39 is 12.0 Å². The Morgan fingerprint density at radius 1 is 1.50 bits per heavy atom. The largest absolute Gasteiger partial charge is 0.268 e. The molecule has 76 valence electrons. The van der Waals surface area contributed by atoms with Gasteiger partial charge in [-0.2, -0.15) is 5.10 Å². The predicted molar refractivity (Wildman–Crippen MR) is 49.4 cm³/mol. The molecule has 2 rings (SSSR count). The van der Waals surface area contributed by atoms with Crippen LogP contribution in [0.15, 0.2) is 21.5 Å². The molecule has 0 unspecified atom stereocenters. The second kappa shape index (κ2) is 3.12. The van der Waals surface area contributed by atoms with Gasteiger partial charge in [-0.15, -0.1) is 0 Å². The summed E-state index contributed by atoms with van der Waals surface area (Å²) in [5.74, 6) is -2.63. The minimum atomic E-state index is -2.63. The number of hydrogen-bond donors (Lipinski definition) is 0. The van der Waals surface area contributed by atoms with Crippen LogP contribution in [0.25, 0.3) is 0 Å². The van der Waals surface area contributed by atoms with Gasteiger partial charge >= 0.3 is 0 Å². The molecular formula is C8H7BrF2N2O. The van der Waals surface area contributed by atoms with E-state index in [-0.39, 0.29) is 18.4 Å². The minimum absolute atomic E-state index is 0.295. The lowest BCUT2D eigenvalue weighted by Crippen LogP contribution is -2.42. The number of aromatic nitrogens is 2. The van der Waals surface area contributed by atoms with Crippen molar-refractivity contribution in [1.82, 2.24) is 9.78 Å². The molecule has 0 atom stereocenters. The highest BCUT2D eigenvalue weighted by molar-refractivity contribution is 9.10. The van der Waals surface area contributed by atoms with Gasteiger partial charge in [-0.25, -0.2) is 13.5 Å². The van der Waals surface area contributed by atoms with E-state index >= 15 is 0 Å². The van der Waals surface area contributed by atoms with Gasteiger partial charge in [-0.1, -0.05) is 0 Å². The van der Waals surface area contributed by atoms with E-state index in [2.05, 4.69) is 21.0 Å². The van der Waals surface area contributed by atoms with Crippen molar-refractivity contribution in [2.75, 3.05) is 0 Å². The first-order valence-electron chi connectivity index (χ1n) is 4.11. The second-order valence-electron chi connectivity index (χ2n) is 3.36. The van der Waals surface area contributed by atoms with Crippen LogP contribution in [0.5, 0.6) is 0 Å². The summed E-state index contributed by atoms with van der Waals surface area (Å²) in [5, 5.41) is 3.85. The normalized spacial score (nSPS) is 20.5. The van der Waals surface area contributed by atoms with Gasteiger partial charge in [-0.3, -0.25) is 4.79 Å². The van der Waals surface area contributed by atoms with Gasteiger partial charge in [0.2, 0.25) is 0 Å². The van der Waals surface area contributed by atoms with Crippen molar-refractivity contribution in [3.8, 4) is 0 Å². The zero-order valence-corrected chi connectivity index (χ0v) is 8.67. The van der Waals surface area contributed by atoms with Gasteiger partial charge in [0.05, 0.1) is 6.04 Å². The van der Waals surface area contributed by atoms with Crippen LogP contribution < -0.4 is 5.56 Å². The van der Waals surface area contributed by atoms with Crippen LogP contribution in [-0.2, 0) is 0 Å². The molecule has 0 N–H and O–H groups in total.